The number of ether oxygens (including phenoxy) is 1. The summed E-state index contributed by atoms with van der Waals surface area (Å²) < 4.78 is 5.07. The van der Waals surface area contributed by atoms with Crippen molar-refractivity contribution in [3.05, 3.63) is 69.1 Å². The molecule has 1 heterocycles. The van der Waals surface area contributed by atoms with Gasteiger partial charge in [-0.1, -0.05) is 76.9 Å². The van der Waals surface area contributed by atoms with Gasteiger partial charge in [-0.3, -0.25) is 0 Å². The molecular weight excluding hydrogens is 515 g/mol. The molecule has 2 aromatic carbocycles. The largest absolute Gasteiger partial charge is 2.00 e. The van der Waals surface area contributed by atoms with Crippen molar-refractivity contribution in [2.75, 3.05) is 13.2 Å². The van der Waals surface area contributed by atoms with Gasteiger partial charge in [-0.25, -0.2) is 0 Å². The molecule has 0 aliphatic carbocycles. The van der Waals surface area contributed by atoms with Gasteiger partial charge in [-0.15, -0.1) is 25.5 Å². The molecule has 0 aromatic heterocycles. The molecule has 0 saturated carbocycles. The number of phenols is 2. The molecule has 4 N–H and O–H groups in total. The molecule has 0 unspecified atom stereocenters. The number of rotatable bonds is 2. The van der Waals surface area contributed by atoms with Crippen LogP contribution >= 0.6 is 12.4 Å². The van der Waals surface area contributed by atoms with Crippen molar-refractivity contribution in [2.24, 2.45) is 0 Å². The first kappa shape index (κ1) is 36.9. The van der Waals surface area contributed by atoms with Crippen LogP contribution in [0.3, 0.4) is 0 Å². The zero-order valence-electron chi connectivity index (χ0n) is 23.3. The molecule has 0 amide bonds. The van der Waals surface area contributed by atoms with E-state index in [-0.39, 0.29) is 64.9 Å². The van der Waals surface area contributed by atoms with Gasteiger partial charge in [0.05, 0.1) is 0 Å². The van der Waals surface area contributed by atoms with Gasteiger partial charge in [-0.2, -0.15) is 0 Å². The Bertz CT molecular complexity index is 837. The Morgan fingerprint density at radius 1 is 0.694 bits per heavy atom. The van der Waals surface area contributed by atoms with Crippen molar-refractivity contribution >= 4 is 12.4 Å². The van der Waals surface area contributed by atoms with Crippen molar-refractivity contribution in [3.63, 3.8) is 0 Å². The zero-order chi connectivity index (χ0) is 26.1. The summed E-state index contributed by atoms with van der Waals surface area (Å²) in [6.45, 7) is 18.6. The van der Waals surface area contributed by atoms with Gasteiger partial charge >= 0.3 is 17.1 Å². The Hall–Kier alpha value is -1.27. The molecule has 205 valence electrons. The third kappa shape index (κ3) is 11.9. The Labute approximate surface area is 236 Å². The molecule has 1 radical (unpaired) electrons. The molecule has 5 nitrogen and oxygen atoms in total. The summed E-state index contributed by atoms with van der Waals surface area (Å²) in [5, 5.41) is 19.9. The summed E-state index contributed by atoms with van der Waals surface area (Å²) in [7, 11) is 0. The zero-order valence-corrected chi connectivity index (χ0v) is 25.3. The predicted molar refractivity (Wildman–Crippen MR) is 151 cm³/mol. The summed E-state index contributed by atoms with van der Waals surface area (Å²) in [6.07, 6.45) is 3.93. The van der Waals surface area contributed by atoms with Gasteiger partial charge in [0.15, 0.2) is 0 Å². The number of hydrogen-bond acceptors (Lipinski definition) is 3. The van der Waals surface area contributed by atoms with Crippen molar-refractivity contribution in [1.82, 2.24) is 0 Å². The molecule has 0 bridgehead atoms. The van der Waals surface area contributed by atoms with Crippen LogP contribution in [-0.2, 0) is 45.7 Å². The SMILES string of the molecule is C1CCOCC1.Cc1cc(C[NH-])c(O)c(C(C)(C)C)c1.Cc1cc(C[NH-])c(O)c(C(C)(C)C)c1.Cl.[Mn+2]. The van der Waals surface area contributed by atoms with Crippen LogP contribution in [0.1, 0.15) is 94.2 Å². The molecule has 1 saturated heterocycles. The molecular formula is C29H47ClMnN2O3. The van der Waals surface area contributed by atoms with E-state index in [9.17, 15) is 10.2 Å². The first-order valence-corrected chi connectivity index (χ1v) is 12.2. The third-order valence-electron chi connectivity index (χ3n) is 5.74. The van der Waals surface area contributed by atoms with Crippen molar-refractivity contribution < 1.29 is 32.0 Å². The molecule has 36 heavy (non-hydrogen) atoms. The van der Waals surface area contributed by atoms with Crippen LogP contribution in [0.15, 0.2) is 24.3 Å². The smallest absolute Gasteiger partial charge is 0.674 e. The topological polar surface area (TPSA) is 97.3 Å². The van der Waals surface area contributed by atoms with Crippen LogP contribution in [0.5, 0.6) is 11.5 Å². The maximum Gasteiger partial charge on any atom is 2.00 e. The number of halogens is 1. The van der Waals surface area contributed by atoms with Gasteiger partial charge in [0, 0.05) is 13.2 Å². The van der Waals surface area contributed by atoms with E-state index < -0.39 is 0 Å². The molecule has 0 spiro atoms. The van der Waals surface area contributed by atoms with Crippen molar-refractivity contribution in [1.29, 1.82) is 0 Å². The van der Waals surface area contributed by atoms with Crippen LogP contribution in [0.4, 0.5) is 0 Å². The van der Waals surface area contributed by atoms with E-state index in [1.165, 1.54) is 19.3 Å². The second kappa shape index (κ2) is 16.5. The summed E-state index contributed by atoms with van der Waals surface area (Å²) in [5.74, 6) is 0.580. The van der Waals surface area contributed by atoms with Crippen molar-refractivity contribution in [3.8, 4) is 11.5 Å². The fraction of sp³-hybridized carbons (Fsp3) is 0.586. The van der Waals surface area contributed by atoms with E-state index in [0.717, 1.165) is 46.6 Å². The average molecular weight is 562 g/mol. The van der Waals surface area contributed by atoms with Crippen LogP contribution in [0.2, 0.25) is 0 Å². The molecule has 1 aliphatic heterocycles. The summed E-state index contributed by atoms with van der Waals surface area (Å²) >= 11 is 0. The third-order valence-corrected chi connectivity index (χ3v) is 5.74. The Balaban J connectivity index is 0. The van der Waals surface area contributed by atoms with Gasteiger partial charge in [0.2, 0.25) is 0 Å². The Morgan fingerprint density at radius 2 is 1.03 bits per heavy atom. The normalized spacial score (nSPS) is 13.2. The summed E-state index contributed by atoms with van der Waals surface area (Å²) in [5.41, 5.74) is 20.0. The fourth-order valence-corrected chi connectivity index (χ4v) is 3.81. The molecule has 3 rings (SSSR count). The van der Waals surface area contributed by atoms with E-state index in [4.69, 9.17) is 16.2 Å². The van der Waals surface area contributed by atoms with Crippen molar-refractivity contribution in [2.45, 2.75) is 98.6 Å². The van der Waals surface area contributed by atoms with E-state index >= 15 is 0 Å². The monoisotopic (exact) mass is 561 g/mol. The second-order valence-electron chi connectivity index (χ2n) is 11.2. The predicted octanol–water partition coefficient (Wildman–Crippen LogP) is 8.71. The maximum absolute atomic E-state index is 9.93. The molecule has 7 heteroatoms. The number of phenolic OH excluding ortho intramolecular Hbond substituents is 2. The summed E-state index contributed by atoms with van der Waals surface area (Å²) in [4.78, 5) is 0. The van der Waals surface area contributed by atoms with Gasteiger partial charge in [-0.05, 0) is 66.2 Å². The molecule has 2 aromatic rings. The number of aromatic hydroxyl groups is 2. The van der Waals surface area contributed by atoms with E-state index in [1.807, 2.05) is 38.1 Å². The molecule has 1 aliphatic rings. The number of aryl methyl sites for hydroxylation is 2. The summed E-state index contributed by atoms with van der Waals surface area (Å²) in [6, 6.07) is 7.73. The Kier molecular flexibility index (Phi) is 17.0. The quantitative estimate of drug-likeness (QED) is 0.359. The van der Waals surface area contributed by atoms with E-state index in [1.54, 1.807) is 0 Å². The first-order chi connectivity index (χ1) is 15.7. The van der Waals surface area contributed by atoms with Crippen LogP contribution in [0, 0.1) is 13.8 Å². The van der Waals surface area contributed by atoms with E-state index in [2.05, 4.69) is 41.5 Å². The average Bonchev–Trinajstić information content (AvgIpc) is 2.77. The molecule has 1 fully saturated rings. The minimum Gasteiger partial charge on any atom is -0.674 e. The van der Waals surface area contributed by atoms with Crippen LogP contribution in [-0.4, -0.2) is 23.4 Å². The standard InChI is InChI=1S/2C12H18NO.C5H10O.ClH.Mn/c2*1-8-5-9(7-13)11(14)10(6-8)12(2,3)4;1-2-4-6-5-3-1;;/h2*5-6,13-14H,7H2,1-4H3;1-5H2;1H;/q2*-1;;;+2. The van der Waals surface area contributed by atoms with Crippen LogP contribution in [0.25, 0.3) is 11.5 Å². The first-order valence-electron chi connectivity index (χ1n) is 12.2. The number of hydrogen-bond donors (Lipinski definition) is 2. The van der Waals surface area contributed by atoms with Crippen LogP contribution < -0.4 is 0 Å². The number of nitrogens with one attached hydrogen (secondary N) is 2. The Morgan fingerprint density at radius 3 is 1.22 bits per heavy atom. The minimum absolute atomic E-state index is 0. The fourth-order valence-electron chi connectivity index (χ4n) is 3.81. The second-order valence-corrected chi connectivity index (χ2v) is 11.2. The number of benzene rings is 2. The minimum atomic E-state index is -0.0694. The van der Waals surface area contributed by atoms with Gasteiger partial charge in [0.1, 0.15) is 11.5 Å². The van der Waals surface area contributed by atoms with Gasteiger partial charge < -0.3 is 26.4 Å². The molecule has 0 atom stereocenters. The van der Waals surface area contributed by atoms with E-state index in [0.29, 0.717) is 0 Å². The van der Waals surface area contributed by atoms with Gasteiger partial charge in [0.25, 0.3) is 0 Å². The maximum atomic E-state index is 9.93.